The van der Waals surface area contributed by atoms with E-state index >= 15 is 0 Å². The number of rotatable bonds is 3. The first-order valence-corrected chi connectivity index (χ1v) is 8.11. The van der Waals surface area contributed by atoms with E-state index in [1.54, 1.807) is 12.1 Å². The van der Waals surface area contributed by atoms with Crippen molar-refractivity contribution in [1.29, 1.82) is 0 Å². The summed E-state index contributed by atoms with van der Waals surface area (Å²) in [6.07, 6.45) is 2.67. The summed E-state index contributed by atoms with van der Waals surface area (Å²) < 4.78 is 13.5. The van der Waals surface area contributed by atoms with E-state index < -0.39 is 11.9 Å². The fourth-order valence-electron chi connectivity index (χ4n) is 3.35. The number of nitrogens with one attached hydrogen (secondary N) is 1. The molecule has 1 saturated heterocycles. The minimum Gasteiger partial charge on any atom is -0.392 e. The number of aliphatic hydroxyl groups excluding tert-OH is 1. The van der Waals surface area contributed by atoms with E-state index in [2.05, 4.69) is 5.32 Å². The first kappa shape index (κ1) is 15.6. The number of nitrogens with zero attached hydrogens (tertiary/aromatic N) is 1. The molecule has 2 fully saturated rings. The Balaban J connectivity index is 1.58. The smallest absolute Gasteiger partial charge is 0.226 e. The van der Waals surface area contributed by atoms with Gasteiger partial charge in [-0.15, -0.1) is 0 Å². The number of benzene rings is 1. The van der Waals surface area contributed by atoms with Crippen molar-refractivity contribution in [2.24, 2.45) is 5.92 Å². The number of amides is 1. The molecule has 1 aliphatic heterocycles. The summed E-state index contributed by atoms with van der Waals surface area (Å²) in [7, 11) is 0. The zero-order valence-corrected chi connectivity index (χ0v) is 13.0. The number of hydrogen-bond donors (Lipinski definition) is 2. The SMILES string of the molecule is O=C(NC1CCN(c2ccc(Cl)c(F)c2)C1)C1CCCC1O. The molecule has 0 spiro atoms. The second-order valence-electron chi connectivity index (χ2n) is 6.14. The number of carbonyl (C=O) groups is 1. The van der Waals surface area contributed by atoms with Crippen LogP contribution in [-0.4, -0.2) is 36.2 Å². The van der Waals surface area contributed by atoms with Gasteiger partial charge in [0.05, 0.1) is 17.0 Å². The van der Waals surface area contributed by atoms with Gasteiger partial charge < -0.3 is 15.3 Å². The Morgan fingerprint density at radius 2 is 2.18 bits per heavy atom. The van der Waals surface area contributed by atoms with Crippen molar-refractivity contribution in [2.45, 2.75) is 37.8 Å². The molecule has 0 bridgehead atoms. The average Bonchev–Trinajstić information content (AvgIpc) is 3.11. The van der Waals surface area contributed by atoms with Gasteiger partial charge in [-0.05, 0) is 43.9 Å². The molecule has 120 valence electrons. The highest BCUT2D eigenvalue weighted by molar-refractivity contribution is 6.30. The summed E-state index contributed by atoms with van der Waals surface area (Å²) in [5, 5.41) is 12.9. The first-order chi connectivity index (χ1) is 10.5. The normalized spacial score (nSPS) is 28.1. The van der Waals surface area contributed by atoms with Gasteiger partial charge in [0, 0.05) is 24.8 Å². The molecule has 1 amide bonds. The summed E-state index contributed by atoms with van der Waals surface area (Å²) in [5.74, 6) is -0.762. The zero-order valence-electron chi connectivity index (χ0n) is 12.3. The molecule has 1 heterocycles. The van der Waals surface area contributed by atoms with Crippen LogP contribution in [0.2, 0.25) is 5.02 Å². The molecule has 0 aromatic heterocycles. The van der Waals surface area contributed by atoms with Crippen molar-refractivity contribution in [3.63, 3.8) is 0 Å². The maximum Gasteiger partial charge on any atom is 0.226 e. The monoisotopic (exact) mass is 326 g/mol. The molecule has 22 heavy (non-hydrogen) atoms. The Morgan fingerprint density at radius 1 is 1.36 bits per heavy atom. The lowest BCUT2D eigenvalue weighted by Crippen LogP contribution is -2.42. The minimum absolute atomic E-state index is 0.0408. The van der Waals surface area contributed by atoms with Crippen LogP contribution in [0, 0.1) is 11.7 Å². The summed E-state index contributed by atoms with van der Waals surface area (Å²) in [5.41, 5.74) is 0.777. The molecule has 2 N–H and O–H groups in total. The summed E-state index contributed by atoms with van der Waals surface area (Å²) in [6.45, 7) is 1.41. The van der Waals surface area contributed by atoms with Crippen molar-refractivity contribution in [2.75, 3.05) is 18.0 Å². The van der Waals surface area contributed by atoms with Gasteiger partial charge in [0.15, 0.2) is 0 Å². The number of hydrogen-bond acceptors (Lipinski definition) is 3. The predicted molar refractivity (Wildman–Crippen MR) is 83.5 cm³/mol. The second kappa shape index (κ2) is 6.42. The van der Waals surface area contributed by atoms with Crippen molar-refractivity contribution < 1.29 is 14.3 Å². The van der Waals surface area contributed by atoms with Gasteiger partial charge in [0.1, 0.15) is 5.82 Å². The van der Waals surface area contributed by atoms with Gasteiger partial charge >= 0.3 is 0 Å². The highest BCUT2D eigenvalue weighted by Crippen LogP contribution is 2.27. The molecular formula is C16H20ClFN2O2. The van der Waals surface area contributed by atoms with Crippen LogP contribution < -0.4 is 10.2 Å². The molecule has 1 aromatic carbocycles. The Bertz CT molecular complexity index is 569. The van der Waals surface area contributed by atoms with E-state index in [0.717, 1.165) is 31.5 Å². The van der Waals surface area contributed by atoms with Crippen molar-refractivity contribution >= 4 is 23.2 Å². The minimum atomic E-state index is -0.511. The fourth-order valence-corrected chi connectivity index (χ4v) is 3.47. The van der Waals surface area contributed by atoms with Crippen molar-refractivity contribution in [3.8, 4) is 0 Å². The highest BCUT2D eigenvalue weighted by atomic mass is 35.5. The molecule has 1 saturated carbocycles. The fraction of sp³-hybridized carbons (Fsp3) is 0.562. The molecule has 3 rings (SSSR count). The first-order valence-electron chi connectivity index (χ1n) is 7.73. The van der Waals surface area contributed by atoms with Crippen LogP contribution in [0.5, 0.6) is 0 Å². The molecule has 1 aromatic rings. The topological polar surface area (TPSA) is 52.6 Å². The standard InChI is InChI=1S/C16H20ClFN2O2/c17-13-5-4-11(8-14(13)18)20-7-6-10(9-20)19-16(22)12-2-1-3-15(12)21/h4-5,8,10,12,15,21H,1-3,6-7,9H2,(H,19,22). The maximum atomic E-state index is 13.5. The van der Waals surface area contributed by atoms with Gasteiger partial charge in [0.25, 0.3) is 0 Å². The van der Waals surface area contributed by atoms with Crippen LogP contribution in [0.3, 0.4) is 0 Å². The van der Waals surface area contributed by atoms with E-state index in [1.165, 1.54) is 6.07 Å². The van der Waals surface area contributed by atoms with E-state index in [0.29, 0.717) is 13.0 Å². The van der Waals surface area contributed by atoms with Gasteiger partial charge in [-0.25, -0.2) is 4.39 Å². The number of aliphatic hydroxyl groups is 1. The van der Waals surface area contributed by atoms with E-state index in [1.807, 2.05) is 4.90 Å². The summed E-state index contributed by atoms with van der Waals surface area (Å²) in [6, 6.07) is 4.80. The van der Waals surface area contributed by atoms with Crippen LogP contribution in [0.4, 0.5) is 10.1 Å². The van der Waals surface area contributed by atoms with Gasteiger partial charge in [0.2, 0.25) is 5.91 Å². The quantitative estimate of drug-likeness (QED) is 0.896. The molecule has 3 unspecified atom stereocenters. The Hall–Kier alpha value is -1.33. The van der Waals surface area contributed by atoms with Crippen LogP contribution in [0.15, 0.2) is 18.2 Å². The lowest BCUT2D eigenvalue weighted by atomic mass is 10.0. The lowest BCUT2D eigenvalue weighted by molar-refractivity contribution is -0.128. The van der Waals surface area contributed by atoms with Gasteiger partial charge in [-0.1, -0.05) is 11.6 Å². The van der Waals surface area contributed by atoms with E-state index in [4.69, 9.17) is 11.6 Å². The largest absolute Gasteiger partial charge is 0.392 e. The molecular weight excluding hydrogens is 307 g/mol. The number of anilines is 1. The predicted octanol–water partition coefficient (Wildman–Crippen LogP) is 2.34. The molecule has 0 radical (unpaired) electrons. The highest BCUT2D eigenvalue weighted by Gasteiger charge is 2.33. The average molecular weight is 327 g/mol. The summed E-state index contributed by atoms with van der Waals surface area (Å²) >= 11 is 5.70. The van der Waals surface area contributed by atoms with Crippen LogP contribution in [0.1, 0.15) is 25.7 Å². The van der Waals surface area contributed by atoms with Crippen molar-refractivity contribution in [1.82, 2.24) is 5.32 Å². The number of halogens is 2. The van der Waals surface area contributed by atoms with E-state index in [9.17, 15) is 14.3 Å². The molecule has 1 aliphatic carbocycles. The third-order valence-electron chi connectivity index (χ3n) is 4.62. The van der Waals surface area contributed by atoms with Crippen LogP contribution in [-0.2, 0) is 4.79 Å². The lowest BCUT2D eigenvalue weighted by Gasteiger charge is -2.21. The number of carbonyl (C=O) groups excluding carboxylic acids is 1. The van der Waals surface area contributed by atoms with Crippen molar-refractivity contribution in [3.05, 3.63) is 29.0 Å². The Morgan fingerprint density at radius 3 is 2.86 bits per heavy atom. The van der Waals surface area contributed by atoms with Crippen LogP contribution in [0.25, 0.3) is 0 Å². The molecule has 3 atom stereocenters. The summed E-state index contributed by atoms with van der Waals surface area (Å²) in [4.78, 5) is 14.2. The Kier molecular flexibility index (Phi) is 4.54. The molecule has 6 heteroatoms. The van der Waals surface area contributed by atoms with E-state index in [-0.39, 0.29) is 22.9 Å². The maximum absolute atomic E-state index is 13.5. The zero-order chi connectivity index (χ0) is 15.7. The second-order valence-corrected chi connectivity index (χ2v) is 6.55. The van der Waals surface area contributed by atoms with Gasteiger partial charge in [-0.2, -0.15) is 0 Å². The Labute approximate surface area is 134 Å². The van der Waals surface area contributed by atoms with Gasteiger partial charge in [-0.3, -0.25) is 4.79 Å². The van der Waals surface area contributed by atoms with Crippen LogP contribution >= 0.6 is 11.6 Å². The third-order valence-corrected chi connectivity index (χ3v) is 4.93. The molecule has 2 aliphatic rings. The third kappa shape index (κ3) is 3.20. The molecule has 4 nitrogen and oxygen atoms in total.